The van der Waals surface area contributed by atoms with Gasteiger partial charge in [-0.3, -0.25) is 4.98 Å². The number of pyridine rings is 1. The fraction of sp³-hybridized carbons (Fsp3) is 0.154. The standard InChI is InChI=1S/C13H13BrN2O/c1-9-4-12(2-3-13(9)15)17-8-10-5-11(14)7-16-6-10/h2-7H,8,15H2,1H3. The number of rotatable bonds is 3. The number of halogens is 1. The molecule has 0 aliphatic carbocycles. The molecule has 2 N–H and O–H groups in total. The first-order valence-corrected chi connectivity index (χ1v) is 6.03. The van der Waals surface area contributed by atoms with E-state index in [4.69, 9.17) is 10.5 Å². The molecule has 0 saturated heterocycles. The Labute approximate surface area is 109 Å². The van der Waals surface area contributed by atoms with Crippen molar-refractivity contribution in [2.24, 2.45) is 0 Å². The van der Waals surface area contributed by atoms with Gasteiger partial charge in [-0.25, -0.2) is 0 Å². The lowest BCUT2D eigenvalue weighted by Gasteiger charge is -2.08. The highest BCUT2D eigenvalue weighted by Crippen LogP contribution is 2.20. The van der Waals surface area contributed by atoms with Gasteiger partial charge in [-0.1, -0.05) is 0 Å². The van der Waals surface area contributed by atoms with Crippen molar-refractivity contribution in [3.63, 3.8) is 0 Å². The van der Waals surface area contributed by atoms with Crippen LogP contribution >= 0.6 is 15.9 Å². The summed E-state index contributed by atoms with van der Waals surface area (Å²) in [5.74, 6) is 0.816. The fourth-order valence-electron chi connectivity index (χ4n) is 1.44. The summed E-state index contributed by atoms with van der Waals surface area (Å²) >= 11 is 3.37. The van der Waals surface area contributed by atoms with Crippen molar-refractivity contribution in [2.45, 2.75) is 13.5 Å². The maximum atomic E-state index is 5.74. The maximum Gasteiger partial charge on any atom is 0.120 e. The number of aryl methyl sites for hydroxylation is 1. The molecule has 0 amide bonds. The molecule has 0 aliphatic rings. The Balaban J connectivity index is 2.05. The van der Waals surface area contributed by atoms with Gasteiger partial charge in [0.25, 0.3) is 0 Å². The van der Waals surface area contributed by atoms with Crippen LogP contribution in [0.4, 0.5) is 5.69 Å². The van der Waals surface area contributed by atoms with Crippen molar-refractivity contribution in [3.05, 3.63) is 52.3 Å². The third kappa shape index (κ3) is 3.20. The highest BCUT2D eigenvalue weighted by Gasteiger charge is 1.99. The molecular formula is C13H13BrN2O. The number of benzene rings is 1. The molecule has 0 saturated carbocycles. The number of nitrogen functional groups attached to an aromatic ring is 1. The van der Waals surface area contributed by atoms with Gasteiger partial charge in [0.2, 0.25) is 0 Å². The largest absolute Gasteiger partial charge is 0.489 e. The molecule has 0 atom stereocenters. The molecule has 1 heterocycles. The third-order valence-corrected chi connectivity index (χ3v) is 2.84. The average molecular weight is 293 g/mol. The minimum Gasteiger partial charge on any atom is -0.489 e. The number of nitrogens with two attached hydrogens (primary N) is 1. The molecule has 0 aliphatic heterocycles. The summed E-state index contributed by atoms with van der Waals surface area (Å²) in [6, 6.07) is 7.63. The number of hydrogen-bond acceptors (Lipinski definition) is 3. The summed E-state index contributed by atoms with van der Waals surface area (Å²) in [6.45, 7) is 2.46. The Morgan fingerprint density at radius 2 is 2.12 bits per heavy atom. The molecule has 1 aromatic carbocycles. The van der Waals surface area contributed by atoms with Crippen molar-refractivity contribution in [1.29, 1.82) is 0 Å². The Morgan fingerprint density at radius 1 is 1.29 bits per heavy atom. The molecule has 88 valence electrons. The molecule has 0 fully saturated rings. The summed E-state index contributed by atoms with van der Waals surface area (Å²) < 4.78 is 6.62. The molecular weight excluding hydrogens is 280 g/mol. The van der Waals surface area contributed by atoms with Crippen LogP contribution in [0.2, 0.25) is 0 Å². The first-order valence-electron chi connectivity index (χ1n) is 5.23. The Kier molecular flexibility index (Phi) is 3.64. The van der Waals surface area contributed by atoms with Crippen molar-refractivity contribution in [1.82, 2.24) is 4.98 Å². The second kappa shape index (κ2) is 5.19. The fourth-order valence-corrected chi connectivity index (χ4v) is 1.85. The van der Waals surface area contributed by atoms with Gasteiger partial charge in [0.1, 0.15) is 12.4 Å². The molecule has 17 heavy (non-hydrogen) atoms. The predicted octanol–water partition coefficient (Wildman–Crippen LogP) is 3.31. The van der Waals surface area contributed by atoms with Crippen LogP contribution in [0.25, 0.3) is 0 Å². The van der Waals surface area contributed by atoms with E-state index in [2.05, 4.69) is 20.9 Å². The lowest BCUT2D eigenvalue weighted by atomic mass is 10.2. The van der Waals surface area contributed by atoms with Gasteiger partial charge in [-0.05, 0) is 52.7 Å². The van der Waals surface area contributed by atoms with Crippen LogP contribution in [0.5, 0.6) is 5.75 Å². The number of aromatic nitrogens is 1. The quantitative estimate of drug-likeness (QED) is 0.883. The zero-order valence-electron chi connectivity index (χ0n) is 9.48. The van der Waals surface area contributed by atoms with Crippen LogP contribution in [0.1, 0.15) is 11.1 Å². The van der Waals surface area contributed by atoms with Gasteiger partial charge in [0.15, 0.2) is 0 Å². The second-order valence-electron chi connectivity index (χ2n) is 3.82. The molecule has 0 spiro atoms. The topological polar surface area (TPSA) is 48.1 Å². The van der Waals surface area contributed by atoms with Gasteiger partial charge in [0, 0.05) is 28.1 Å². The van der Waals surface area contributed by atoms with E-state index in [9.17, 15) is 0 Å². The van der Waals surface area contributed by atoms with Crippen molar-refractivity contribution in [3.8, 4) is 5.75 Å². The zero-order valence-corrected chi connectivity index (χ0v) is 11.1. The Hall–Kier alpha value is -1.55. The van der Waals surface area contributed by atoms with E-state index in [0.717, 1.165) is 27.0 Å². The van der Waals surface area contributed by atoms with Crippen LogP contribution in [0.15, 0.2) is 41.1 Å². The third-order valence-electron chi connectivity index (χ3n) is 2.41. The molecule has 0 bridgehead atoms. The number of ether oxygens (including phenoxy) is 1. The van der Waals surface area contributed by atoms with E-state index in [1.165, 1.54) is 0 Å². The van der Waals surface area contributed by atoms with Gasteiger partial charge in [-0.2, -0.15) is 0 Å². The first-order chi connectivity index (χ1) is 8.15. The minimum absolute atomic E-state index is 0.496. The average Bonchev–Trinajstić information content (AvgIpc) is 2.31. The van der Waals surface area contributed by atoms with Crippen LogP contribution in [-0.2, 0) is 6.61 Å². The molecule has 3 nitrogen and oxygen atoms in total. The monoisotopic (exact) mass is 292 g/mol. The summed E-state index contributed by atoms with van der Waals surface area (Å²) in [5, 5.41) is 0. The maximum absolute atomic E-state index is 5.74. The Bertz CT molecular complexity index is 529. The van der Waals surface area contributed by atoms with Crippen LogP contribution in [0, 0.1) is 6.92 Å². The minimum atomic E-state index is 0.496. The molecule has 2 rings (SSSR count). The predicted molar refractivity (Wildman–Crippen MR) is 71.9 cm³/mol. The lowest BCUT2D eigenvalue weighted by Crippen LogP contribution is -1.97. The number of anilines is 1. The molecule has 4 heteroatoms. The summed E-state index contributed by atoms with van der Waals surface area (Å²) in [5.41, 5.74) is 8.57. The number of hydrogen-bond donors (Lipinski definition) is 1. The van der Waals surface area contributed by atoms with Gasteiger partial charge >= 0.3 is 0 Å². The van der Waals surface area contributed by atoms with Crippen molar-refractivity contribution < 1.29 is 4.74 Å². The van der Waals surface area contributed by atoms with Gasteiger partial charge < -0.3 is 10.5 Å². The van der Waals surface area contributed by atoms with Gasteiger partial charge in [0.05, 0.1) is 0 Å². The summed E-state index contributed by atoms with van der Waals surface area (Å²) in [6.07, 6.45) is 3.53. The summed E-state index contributed by atoms with van der Waals surface area (Å²) in [7, 11) is 0. The zero-order chi connectivity index (χ0) is 12.3. The van der Waals surface area contributed by atoms with Crippen LogP contribution < -0.4 is 10.5 Å². The highest BCUT2D eigenvalue weighted by molar-refractivity contribution is 9.10. The van der Waals surface area contributed by atoms with Gasteiger partial charge in [-0.15, -0.1) is 0 Å². The van der Waals surface area contributed by atoms with Crippen LogP contribution in [0.3, 0.4) is 0 Å². The smallest absolute Gasteiger partial charge is 0.120 e. The van der Waals surface area contributed by atoms with E-state index in [1.54, 1.807) is 12.4 Å². The van der Waals surface area contributed by atoms with E-state index in [-0.39, 0.29) is 0 Å². The molecule has 2 aromatic rings. The van der Waals surface area contributed by atoms with E-state index in [1.807, 2.05) is 31.2 Å². The second-order valence-corrected chi connectivity index (χ2v) is 4.73. The molecule has 0 radical (unpaired) electrons. The lowest BCUT2D eigenvalue weighted by molar-refractivity contribution is 0.305. The van der Waals surface area contributed by atoms with E-state index >= 15 is 0 Å². The van der Waals surface area contributed by atoms with Crippen molar-refractivity contribution in [2.75, 3.05) is 5.73 Å². The van der Waals surface area contributed by atoms with Crippen LogP contribution in [-0.4, -0.2) is 4.98 Å². The van der Waals surface area contributed by atoms with E-state index in [0.29, 0.717) is 6.61 Å². The highest BCUT2D eigenvalue weighted by atomic mass is 79.9. The van der Waals surface area contributed by atoms with Crippen molar-refractivity contribution >= 4 is 21.6 Å². The van der Waals surface area contributed by atoms with E-state index < -0.39 is 0 Å². The first kappa shape index (κ1) is 11.9. The molecule has 0 unspecified atom stereocenters. The summed E-state index contributed by atoms with van der Waals surface area (Å²) in [4.78, 5) is 4.08. The normalized spacial score (nSPS) is 10.2. The SMILES string of the molecule is Cc1cc(OCc2cncc(Br)c2)ccc1N. The Morgan fingerprint density at radius 3 is 2.82 bits per heavy atom. The number of nitrogens with zero attached hydrogens (tertiary/aromatic N) is 1. The molecule has 1 aromatic heterocycles.